The molecule has 3 aromatic rings. The molecule has 2 unspecified atom stereocenters. The van der Waals surface area contributed by atoms with Gasteiger partial charge in [0.1, 0.15) is 11.8 Å². The van der Waals surface area contributed by atoms with Crippen molar-refractivity contribution < 1.29 is 9.90 Å². The van der Waals surface area contributed by atoms with E-state index in [0.29, 0.717) is 18.4 Å². The van der Waals surface area contributed by atoms with Crippen molar-refractivity contribution in [3.63, 3.8) is 0 Å². The Kier molecular flexibility index (Phi) is 5.88. The van der Waals surface area contributed by atoms with Crippen molar-refractivity contribution in [2.45, 2.75) is 24.9 Å². The molecule has 0 radical (unpaired) electrons. The van der Waals surface area contributed by atoms with Crippen molar-refractivity contribution in [1.29, 1.82) is 0 Å². The number of carbonyl (C=O) groups is 1. The van der Waals surface area contributed by atoms with Gasteiger partial charge in [-0.15, -0.1) is 6.58 Å². The monoisotopic (exact) mass is 400 g/mol. The number of rotatable bonds is 6. The highest BCUT2D eigenvalue weighted by atomic mass is 16.3. The minimum atomic E-state index is -0.403. The fourth-order valence-corrected chi connectivity index (χ4v) is 3.65. The lowest BCUT2D eigenvalue weighted by atomic mass is 9.99. The van der Waals surface area contributed by atoms with Gasteiger partial charge in [-0.3, -0.25) is 4.79 Å². The van der Waals surface area contributed by atoms with Crippen LogP contribution in [0.3, 0.4) is 0 Å². The number of carbonyl (C=O) groups excluding carboxylic acids is 1. The van der Waals surface area contributed by atoms with E-state index in [1.165, 1.54) is 17.0 Å². The summed E-state index contributed by atoms with van der Waals surface area (Å²) in [4.78, 5) is 12.5. The van der Waals surface area contributed by atoms with E-state index in [9.17, 15) is 9.90 Å². The molecule has 6 heteroatoms. The fourth-order valence-electron chi connectivity index (χ4n) is 3.65. The average Bonchev–Trinajstić information content (AvgIpc) is 3.26. The van der Waals surface area contributed by atoms with Gasteiger partial charge in [0.2, 0.25) is 0 Å². The molecule has 6 nitrogen and oxygen atoms in total. The van der Waals surface area contributed by atoms with Crippen molar-refractivity contribution in [2.24, 2.45) is 5.10 Å². The molecule has 1 aliphatic rings. The first-order chi connectivity index (χ1) is 14.7. The standard InChI is InChI=1S/C24H24N4O2/c1-2-6-17-9-5-10-20(23(17)29)15-25-28-24(30)22-14-21(26-27-22)19-12-11-16-7-3-4-8-18(16)13-19/h2-5,7-13,15,21-22,26-27,29H,1,6,14H2,(H,28,30)/b25-15+. The van der Waals surface area contributed by atoms with Crippen LogP contribution in [0.25, 0.3) is 10.8 Å². The number of nitrogens with zero attached hydrogens (tertiary/aromatic N) is 1. The molecule has 0 spiro atoms. The minimum Gasteiger partial charge on any atom is -0.507 e. The van der Waals surface area contributed by atoms with E-state index in [-0.39, 0.29) is 17.7 Å². The van der Waals surface area contributed by atoms with Crippen molar-refractivity contribution in [1.82, 2.24) is 16.3 Å². The molecule has 3 aromatic carbocycles. The number of fused-ring (bicyclic) bond motifs is 1. The highest BCUT2D eigenvalue weighted by Gasteiger charge is 2.30. The number of amides is 1. The van der Waals surface area contributed by atoms with Gasteiger partial charge in [-0.1, -0.05) is 54.6 Å². The third-order valence-corrected chi connectivity index (χ3v) is 5.29. The first-order valence-electron chi connectivity index (χ1n) is 9.90. The van der Waals surface area contributed by atoms with Gasteiger partial charge in [0.25, 0.3) is 5.91 Å². The van der Waals surface area contributed by atoms with Gasteiger partial charge in [0, 0.05) is 11.6 Å². The number of hydrogen-bond donors (Lipinski definition) is 4. The van der Waals surface area contributed by atoms with E-state index in [1.54, 1.807) is 12.1 Å². The molecule has 2 atom stereocenters. The van der Waals surface area contributed by atoms with Crippen LogP contribution < -0.4 is 16.3 Å². The third kappa shape index (κ3) is 4.25. The molecule has 1 saturated heterocycles. The number of nitrogens with one attached hydrogen (secondary N) is 3. The Morgan fingerprint density at radius 1 is 1.13 bits per heavy atom. The van der Waals surface area contributed by atoms with Crippen molar-refractivity contribution in [2.75, 3.05) is 0 Å². The third-order valence-electron chi connectivity index (χ3n) is 5.29. The van der Waals surface area contributed by atoms with E-state index in [1.807, 2.05) is 24.3 Å². The molecule has 0 bridgehead atoms. The zero-order valence-electron chi connectivity index (χ0n) is 16.5. The summed E-state index contributed by atoms with van der Waals surface area (Å²) in [6.07, 6.45) is 4.35. The van der Waals surface area contributed by atoms with Gasteiger partial charge in [0.15, 0.2) is 0 Å². The first kappa shape index (κ1) is 19.8. The van der Waals surface area contributed by atoms with Gasteiger partial charge in [0.05, 0.1) is 6.21 Å². The fraction of sp³-hybridized carbons (Fsp3) is 0.167. The highest BCUT2D eigenvalue weighted by Crippen LogP contribution is 2.26. The molecule has 0 aliphatic carbocycles. The SMILES string of the molecule is C=CCc1cccc(/C=N/NC(=O)C2CC(c3ccc4ccccc4c3)NN2)c1O. The maximum atomic E-state index is 12.5. The molecule has 152 valence electrons. The molecule has 1 heterocycles. The Morgan fingerprint density at radius 2 is 1.97 bits per heavy atom. The van der Waals surface area contributed by atoms with Gasteiger partial charge < -0.3 is 5.11 Å². The predicted octanol–water partition coefficient (Wildman–Crippen LogP) is 3.33. The molecule has 4 N–H and O–H groups in total. The second kappa shape index (κ2) is 8.90. The van der Waals surface area contributed by atoms with Crippen molar-refractivity contribution >= 4 is 22.9 Å². The number of para-hydroxylation sites is 1. The quantitative estimate of drug-likeness (QED) is 0.290. The molecule has 1 amide bonds. The van der Waals surface area contributed by atoms with Gasteiger partial charge >= 0.3 is 0 Å². The summed E-state index contributed by atoms with van der Waals surface area (Å²) in [6, 6.07) is 19.6. The van der Waals surface area contributed by atoms with Crippen LogP contribution >= 0.6 is 0 Å². The summed E-state index contributed by atoms with van der Waals surface area (Å²) < 4.78 is 0. The summed E-state index contributed by atoms with van der Waals surface area (Å²) in [6.45, 7) is 3.68. The minimum absolute atomic E-state index is 0.0361. The van der Waals surface area contributed by atoms with E-state index in [0.717, 1.165) is 11.1 Å². The molecule has 30 heavy (non-hydrogen) atoms. The normalized spacial score (nSPS) is 18.7. The van der Waals surface area contributed by atoms with Crippen LogP contribution in [0.15, 0.2) is 78.4 Å². The lowest BCUT2D eigenvalue weighted by Gasteiger charge is -2.10. The number of hydrazine groups is 1. The number of benzene rings is 3. The number of hydrogen-bond acceptors (Lipinski definition) is 5. The second-order valence-corrected chi connectivity index (χ2v) is 7.32. The van der Waals surface area contributed by atoms with Crippen LogP contribution in [0.1, 0.15) is 29.2 Å². The lowest BCUT2D eigenvalue weighted by Crippen LogP contribution is -2.41. The van der Waals surface area contributed by atoms with Crippen LogP contribution in [0, 0.1) is 0 Å². The summed E-state index contributed by atoms with van der Waals surface area (Å²) >= 11 is 0. The Morgan fingerprint density at radius 3 is 2.80 bits per heavy atom. The number of aromatic hydroxyl groups is 1. The molecule has 0 saturated carbocycles. The molecule has 0 aromatic heterocycles. The summed E-state index contributed by atoms with van der Waals surface area (Å²) in [7, 11) is 0. The maximum absolute atomic E-state index is 12.5. The van der Waals surface area contributed by atoms with Crippen LogP contribution in [-0.2, 0) is 11.2 Å². The largest absolute Gasteiger partial charge is 0.507 e. The smallest absolute Gasteiger partial charge is 0.258 e. The number of hydrazone groups is 1. The van der Waals surface area contributed by atoms with E-state index in [2.05, 4.69) is 58.3 Å². The second-order valence-electron chi connectivity index (χ2n) is 7.32. The Bertz CT molecular complexity index is 1110. The molecule has 4 rings (SSSR count). The van der Waals surface area contributed by atoms with Gasteiger partial charge in [-0.2, -0.15) is 5.10 Å². The van der Waals surface area contributed by atoms with Crippen LogP contribution in [0.2, 0.25) is 0 Å². The van der Waals surface area contributed by atoms with E-state index >= 15 is 0 Å². The van der Waals surface area contributed by atoms with Crippen LogP contribution in [0.4, 0.5) is 0 Å². The van der Waals surface area contributed by atoms with Crippen molar-refractivity contribution in [3.05, 3.63) is 90.0 Å². The number of allylic oxidation sites excluding steroid dienone is 1. The van der Waals surface area contributed by atoms with Crippen LogP contribution in [0.5, 0.6) is 5.75 Å². The zero-order valence-corrected chi connectivity index (χ0v) is 16.5. The Hall–Kier alpha value is -3.48. The summed E-state index contributed by atoms with van der Waals surface area (Å²) in [5.74, 6) is -0.0869. The predicted molar refractivity (Wildman–Crippen MR) is 119 cm³/mol. The van der Waals surface area contributed by atoms with Crippen molar-refractivity contribution in [3.8, 4) is 5.75 Å². The average molecular weight is 400 g/mol. The van der Waals surface area contributed by atoms with Gasteiger partial charge in [-0.25, -0.2) is 16.3 Å². The van der Waals surface area contributed by atoms with E-state index in [4.69, 9.17) is 0 Å². The van der Waals surface area contributed by atoms with E-state index < -0.39 is 6.04 Å². The topological polar surface area (TPSA) is 85.8 Å². The summed E-state index contributed by atoms with van der Waals surface area (Å²) in [5, 5.41) is 16.6. The van der Waals surface area contributed by atoms with Crippen LogP contribution in [-0.4, -0.2) is 23.3 Å². The molecular formula is C24H24N4O2. The lowest BCUT2D eigenvalue weighted by molar-refractivity contribution is -0.122. The maximum Gasteiger partial charge on any atom is 0.258 e. The number of phenols is 1. The van der Waals surface area contributed by atoms with Gasteiger partial charge in [-0.05, 0) is 46.9 Å². The molecule has 1 fully saturated rings. The first-order valence-corrected chi connectivity index (χ1v) is 9.90. The Labute approximate surface area is 175 Å². The molecule has 1 aliphatic heterocycles. The highest BCUT2D eigenvalue weighted by molar-refractivity contribution is 5.87. The summed E-state index contributed by atoms with van der Waals surface area (Å²) in [5.41, 5.74) is 11.2. The number of phenolic OH excluding ortho intramolecular Hbond substituents is 1. The zero-order chi connectivity index (χ0) is 20.9. The Balaban J connectivity index is 1.37. The molecular weight excluding hydrogens is 376 g/mol.